The molecule has 4 N–H and O–H groups in total. The van der Waals surface area contributed by atoms with Crippen molar-refractivity contribution in [3.63, 3.8) is 0 Å². The first-order valence-corrected chi connectivity index (χ1v) is 9.11. The molecule has 144 valence electrons. The van der Waals surface area contributed by atoms with Gasteiger partial charge in [-0.15, -0.1) is 0 Å². The number of rotatable bonds is 5. The summed E-state index contributed by atoms with van der Waals surface area (Å²) in [5, 5.41) is 0.845. The van der Waals surface area contributed by atoms with E-state index in [4.69, 9.17) is 55.7 Å². The van der Waals surface area contributed by atoms with E-state index >= 15 is 0 Å². The highest BCUT2D eigenvalue weighted by atomic mass is 35.5. The molecular weight excluding hydrogens is 415 g/mol. The molecule has 0 bridgehead atoms. The summed E-state index contributed by atoms with van der Waals surface area (Å²) in [7, 11) is 0. The van der Waals surface area contributed by atoms with E-state index in [0.717, 1.165) is 0 Å². The Morgan fingerprint density at radius 3 is 1.85 bits per heavy atom. The molecule has 0 saturated heterocycles. The molecule has 2 aromatic rings. The average Bonchev–Trinajstić information content (AvgIpc) is 2.62. The smallest absolute Gasteiger partial charge is 0.217 e. The predicted octanol–water partition coefficient (Wildman–Crippen LogP) is 5.06. The van der Waals surface area contributed by atoms with Crippen LogP contribution in [0.5, 0.6) is 23.0 Å². The van der Waals surface area contributed by atoms with Gasteiger partial charge in [-0.3, -0.25) is 9.59 Å². The molecule has 3 rings (SSSR count). The Morgan fingerprint density at radius 2 is 1.33 bits per heavy atom. The molecule has 0 aromatic heterocycles. The van der Waals surface area contributed by atoms with E-state index in [1.807, 2.05) is 12.1 Å². The number of fused-ring (bicyclic) bond motifs is 2. The molecular formula is C18H17Cl3N2O4. The molecule has 0 aliphatic carbocycles. The third-order valence-electron chi connectivity index (χ3n) is 3.46. The van der Waals surface area contributed by atoms with Gasteiger partial charge in [-0.25, -0.2) is 0 Å². The SMILES string of the molecule is Clc1cc2c(c(Cl)c1Cl)Oc1ccccc1O2.NC(=O)CCCCC(N)=O. The highest BCUT2D eigenvalue weighted by Crippen LogP contribution is 2.52. The Morgan fingerprint density at radius 1 is 0.815 bits per heavy atom. The number of benzene rings is 2. The van der Waals surface area contributed by atoms with Gasteiger partial charge < -0.3 is 20.9 Å². The van der Waals surface area contributed by atoms with Gasteiger partial charge in [-0.2, -0.15) is 0 Å². The summed E-state index contributed by atoms with van der Waals surface area (Å²) in [4.78, 5) is 20.3. The number of carbonyl (C=O) groups excluding carboxylic acids is 2. The fourth-order valence-electron chi connectivity index (χ4n) is 2.17. The van der Waals surface area contributed by atoms with Gasteiger partial charge >= 0.3 is 0 Å². The van der Waals surface area contributed by atoms with Crippen LogP contribution in [0.15, 0.2) is 30.3 Å². The number of hydrogen-bond donors (Lipinski definition) is 2. The van der Waals surface area contributed by atoms with E-state index < -0.39 is 0 Å². The first kappa shape index (κ1) is 21.2. The summed E-state index contributed by atoms with van der Waals surface area (Å²) >= 11 is 17.9. The summed E-state index contributed by atoms with van der Waals surface area (Å²) < 4.78 is 11.3. The van der Waals surface area contributed by atoms with Crippen molar-refractivity contribution in [1.29, 1.82) is 0 Å². The maximum atomic E-state index is 10.2. The molecule has 2 amide bonds. The number of primary amides is 2. The van der Waals surface area contributed by atoms with Crippen molar-refractivity contribution in [2.75, 3.05) is 0 Å². The monoisotopic (exact) mass is 430 g/mol. The quantitative estimate of drug-likeness (QED) is 0.435. The first-order valence-electron chi connectivity index (χ1n) is 7.98. The lowest BCUT2D eigenvalue weighted by molar-refractivity contribution is -0.119. The minimum absolute atomic E-state index is 0.253. The van der Waals surface area contributed by atoms with Crippen LogP contribution < -0.4 is 20.9 Å². The molecule has 27 heavy (non-hydrogen) atoms. The Balaban J connectivity index is 0.000000227. The van der Waals surface area contributed by atoms with Crippen LogP contribution >= 0.6 is 34.8 Å². The second kappa shape index (κ2) is 9.69. The average molecular weight is 432 g/mol. The number of para-hydroxylation sites is 2. The predicted molar refractivity (Wildman–Crippen MR) is 105 cm³/mol. The van der Waals surface area contributed by atoms with Gasteiger partial charge in [-0.1, -0.05) is 46.9 Å². The van der Waals surface area contributed by atoms with E-state index in [-0.39, 0.29) is 21.9 Å². The van der Waals surface area contributed by atoms with Gasteiger partial charge in [0.25, 0.3) is 0 Å². The van der Waals surface area contributed by atoms with E-state index in [1.165, 1.54) is 0 Å². The topological polar surface area (TPSA) is 105 Å². The lowest BCUT2D eigenvalue weighted by Crippen LogP contribution is -2.12. The third kappa shape index (κ3) is 5.92. The summed E-state index contributed by atoms with van der Waals surface area (Å²) in [6.45, 7) is 0. The zero-order chi connectivity index (χ0) is 20.0. The third-order valence-corrected chi connectivity index (χ3v) is 4.71. The van der Waals surface area contributed by atoms with Crippen molar-refractivity contribution < 1.29 is 19.1 Å². The minimum Gasteiger partial charge on any atom is -0.449 e. The summed E-state index contributed by atoms with van der Waals surface area (Å²) in [6.07, 6.45) is 1.98. The minimum atomic E-state index is -0.329. The molecule has 1 aliphatic rings. The Kier molecular flexibility index (Phi) is 7.59. The van der Waals surface area contributed by atoms with Gasteiger partial charge in [0.05, 0.1) is 10.0 Å². The largest absolute Gasteiger partial charge is 0.449 e. The van der Waals surface area contributed by atoms with Crippen LogP contribution in [0.1, 0.15) is 25.7 Å². The zero-order valence-electron chi connectivity index (χ0n) is 14.1. The molecule has 0 fully saturated rings. The highest BCUT2D eigenvalue weighted by molar-refractivity contribution is 6.48. The molecule has 0 radical (unpaired) electrons. The number of carbonyl (C=O) groups is 2. The molecule has 0 atom stereocenters. The zero-order valence-corrected chi connectivity index (χ0v) is 16.4. The summed E-state index contributed by atoms with van der Waals surface area (Å²) in [5.74, 6) is 1.41. The second-order valence-electron chi connectivity index (χ2n) is 5.60. The van der Waals surface area contributed by atoms with E-state index in [2.05, 4.69) is 0 Å². The number of nitrogens with two attached hydrogens (primary N) is 2. The van der Waals surface area contributed by atoms with E-state index in [1.54, 1.807) is 18.2 Å². The molecule has 1 heterocycles. The first-order chi connectivity index (χ1) is 12.8. The van der Waals surface area contributed by atoms with Crippen molar-refractivity contribution in [1.82, 2.24) is 0 Å². The van der Waals surface area contributed by atoms with Gasteiger partial charge in [0, 0.05) is 18.9 Å². The van der Waals surface area contributed by atoms with Crippen LogP contribution in [0.4, 0.5) is 0 Å². The normalized spacial score (nSPS) is 11.1. The van der Waals surface area contributed by atoms with Gasteiger partial charge in [-0.05, 0) is 25.0 Å². The van der Waals surface area contributed by atoms with Crippen LogP contribution in [0.3, 0.4) is 0 Å². The Hall–Kier alpha value is -2.15. The summed E-state index contributed by atoms with van der Waals surface area (Å²) in [5.41, 5.74) is 9.71. The standard InChI is InChI=1S/C12H5Cl3O2.C6H12N2O2/c13-6-5-9-12(11(15)10(6)14)17-8-4-2-1-3-7(8)16-9;7-5(9)3-1-2-4-6(8)10/h1-5H;1-4H2,(H2,7,9)(H2,8,10). The maximum Gasteiger partial charge on any atom is 0.217 e. The van der Waals surface area contributed by atoms with Crippen molar-refractivity contribution in [2.45, 2.75) is 25.7 Å². The van der Waals surface area contributed by atoms with Crippen LogP contribution in [-0.4, -0.2) is 11.8 Å². The van der Waals surface area contributed by atoms with Gasteiger partial charge in [0.15, 0.2) is 23.0 Å². The molecule has 0 spiro atoms. The van der Waals surface area contributed by atoms with Gasteiger partial charge in [0.2, 0.25) is 11.8 Å². The lowest BCUT2D eigenvalue weighted by Gasteiger charge is -2.21. The molecule has 6 nitrogen and oxygen atoms in total. The summed E-state index contributed by atoms with van der Waals surface area (Å²) in [6, 6.07) is 8.87. The van der Waals surface area contributed by atoms with E-state index in [9.17, 15) is 9.59 Å². The fourth-order valence-corrected chi connectivity index (χ4v) is 2.79. The number of unbranched alkanes of at least 4 members (excludes halogenated alkanes) is 1. The van der Waals surface area contributed by atoms with Crippen LogP contribution in [0.2, 0.25) is 15.1 Å². The molecule has 0 unspecified atom stereocenters. The number of hydrogen-bond acceptors (Lipinski definition) is 4. The van der Waals surface area contributed by atoms with Crippen molar-refractivity contribution in [2.24, 2.45) is 11.5 Å². The maximum absolute atomic E-state index is 10.2. The molecule has 2 aromatic carbocycles. The van der Waals surface area contributed by atoms with Crippen LogP contribution in [0, 0.1) is 0 Å². The van der Waals surface area contributed by atoms with E-state index in [0.29, 0.717) is 53.7 Å². The lowest BCUT2D eigenvalue weighted by atomic mass is 10.2. The number of amides is 2. The Bertz CT molecular complexity index is 843. The number of halogens is 3. The highest BCUT2D eigenvalue weighted by Gasteiger charge is 2.24. The van der Waals surface area contributed by atoms with Crippen molar-refractivity contribution in [3.05, 3.63) is 45.4 Å². The fraction of sp³-hybridized carbons (Fsp3) is 0.222. The van der Waals surface area contributed by atoms with Gasteiger partial charge in [0.1, 0.15) is 5.02 Å². The van der Waals surface area contributed by atoms with Crippen molar-refractivity contribution >= 4 is 46.6 Å². The van der Waals surface area contributed by atoms with Crippen LogP contribution in [0.25, 0.3) is 0 Å². The number of ether oxygens (including phenoxy) is 2. The second-order valence-corrected chi connectivity index (χ2v) is 6.77. The molecule has 0 saturated carbocycles. The Labute approximate surface area is 171 Å². The molecule has 1 aliphatic heterocycles. The van der Waals surface area contributed by atoms with Crippen molar-refractivity contribution in [3.8, 4) is 23.0 Å². The molecule has 9 heteroatoms. The van der Waals surface area contributed by atoms with Crippen LogP contribution in [-0.2, 0) is 9.59 Å².